The molecule has 0 bridgehead atoms. The number of carboxylic acid groups (broad SMARTS) is 1. The molecule has 0 unspecified atom stereocenters. The maximum Gasteiger partial charge on any atom is 0.303 e. The van der Waals surface area contributed by atoms with Crippen molar-refractivity contribution >= 4 is 23.7 Å². The second-order valence-corrected chi connectivity index (χ2v) is 12.4. The molecule has 0 amide bonds. The van der Waals surface area contributed by atoms with Gasteiger partial charge in [0.05, 0.1) is 0 Å². The lowest BCUT2D eigenvalue weighted by Gasteiger charge is -2.62. The number of fused-ring (bicyclic) bond motifs is 5. The third kappa shape index (κ3) is 4.53. The number of carbonyl (C=O) groups is 4. The Bertz CT molecular complexity index is 883. The third-order valence-electron chi connectivity index (χ3n) is 10.7. The van der Waals surface area contributed by atoms with Crippen LogP contribution >= 0.6 is 0 Å². The van der Waals surface area contributed by atoms with Crippen LogP contribution < -0.4 is 0 Å². The second kappa shape index (κ2) is 9.51. The van der Waals surface area contributed by atoms with E-state index in [0.29, 0.717) is 18.6 Å². The highest BCUT2D eigenvalue weighted by atomic mass is 16.5. The zero-order valence-corrected chi connectivity index (χ0v) is 21.9. The van der Waals surface area contributed by atoms with Gasteiger partial charge in [0.1, 0.15) is 18.0 Å². The number of hydrogen-bond donors (Lipinski definition) is 1. The molecule has 0 heterocycles. The molecule has 0 aromatic rings. The largest absolute Gasteiger partial charge is 0.481 e. The summed E-state index contributed by atoms with van der Waals surface area (Å²) in [6, 6.07) is 0. The molecule has 1 N–H and O–H groups in total. The van der Waals surface area contributed by atoms with E-state index >= 15 is 0 Å². The van der Waals surface area contributed by atoms with E-state index in [1.807, 2.05) is 0 Å². The van der Waals surface area contributed by atoms with Gasteiger partial charge in [-0.1, -0.05) is 20.8 Å². The molecular weight excluding hydrogens is 448 g/mol. The van der Waals surface area contributed by atoms with Gasteiger partial charge >= 0.3 is 17.9 Å². The lowest BCUT2D eigenvalue weighted by Crippen LogP contribution is -2.62. The summed E-state index contributed by atoms with van der Waals surface area (Å²) in [4.78, 5) is 48.9. The number of hydrogen-bond acceptors (Lipinski definition) is 6. The van der Waals surface area contributed by atoms with Crippen molar-refractivity contribution in [1.29, 1.82) is 0 Å². The average molecular weight is 491 g/mol. The molecule has 4 aliphatic rings. The van der Waals surface area contributed by atoms with E-state index in [2.05, 4.69) is 20.8 Å². The molecule has 4 aliphatic carbocycles. The molecular formula is C28H42O7. The fraction of sp³-hybridized carbons (Fsp3) is 0.857. The Morgan fingerprint density at radius 3 is 2.34 bits per heavy atom. The lowest BCUT2D eigenvalue weighted by atomic mass is 9.43. The van der Waals surface area contributed by atoms with Crippen LogP contribution in [0, 0.1) is 46.3 Å². The SMILES string of the molecule is CC(=O)O[C@@H]1CC[C@@]2(C)[C@@H](C1)C[C@@H](OC(C)=O)[C@@H]1[C@@H]2CC(=O)[C@]2(C)[C@@H]([C@H](C)CCC(=O)O)CC[C@@H]12. The highest BCUT2D eigenvalue weighted by Gasteiger charge is 2.66. The zero-order chi connectivity index (χ0) is 25.7. The summed E-state index contributed by atoms with van der Waals surface area (Å²) in [5, 5.41) is 9.19. The van der Waals surface area contributed by atoms with Crippen LogP contribution in [0.15, 0.2) is 0 Å². The van der Waals surface area contributed by atoms with Gasteiger partial charge in [0.15, 0.2) is 0 Å². The van der Waals surface area contributed by atoms with E-state index < -0.39 is 11.4 Å². The van der Waals surface area contributed by atoms with Crippen LogP contribution in [-0.2, 0) is 28.7 Å². The Kier molecular flexibility index (Phi) is 7.11. The van der Waals surface area contributed by atoms with Gasteiger partial charge in [0.25, 0.3) is 0 Å². The monoisotopic (exact) mass is 490 g/mol. The maximum atomic E-state index is 14.0. The molecule has 0 radical (unpaired) electrons. The second-order valence-electron chi connectivity index (χ2n) is 12.4. The molecule has 0 spiro atoms. The molecule has 0 aromatic heterocycles. The van der Waals surface area contributed by atoms with Crippen molar-refractivity contribution in [3.8, 4) is 0 Å². The van der Waals surface area contributed by atoms with E-state index in [4.69, 9.17) is 9.47 Å². The smallest absolute Gasteiger partial charge is 0.303 e. The number of ketones is 1. The van der Waals surface area contributed by atoms with E-state index in [9.17, 15) is 24.3 Å². The van der Waals surface area contributed by atoms with Crippen LogP contribution in [0.5, 0.6) is 0 Å². The van der Waals surface area contributed by atoms with Gasteiger partial charge < -0.3 is 14.6 Å². The van der Waals surface area contributed by atoms with Crippen LogP contribution in [0.3, 0.4) is 0 Å². The first kappa shape index (κ1) is 26.2. The molecule has 4 saturated carbocycles. The Morgan fingerprint density at radius 1 is 1.03 bits per heavy atom. The summed E-state index contributed by atoms with van der Waals surface area (Å²) in [7, 11) is 0. The molecule has 0 aliphatic heterocycles. The highest BCUT2D eigenvalue weighted by molar-refractivity contribution is 5.87. The minimum atomic E-state index is -0.794. The van der Waals surface area contributed by atoms with Crippen molar-refractivity contribution in [1.82, 2.24) is 0 Å². The minimum Gasteiger partial charge on any atom is -0.481 e. The first-order valence-corrected chi connectivity index (χ1v) is 13.5. The molecule has 10 atom stereocenters. The van der Waals surface area contributed by atoms with Gasteiger partial charge in [0.2, 0.25) is 0 Å². The van der Waals surface area contributed by atoms with Crippen LogP contribution in [0.1, 0.15) is 92.4 Å². The number of rotatable bonds is 6. The summed E-state index contributed by atoms with van der Waals surface area (Å²) in [6.45, 7) is 9.42. The van der Waals surface area contributed by atoms with Crippen molar-refractivity contribution < 1.29 is 33.8 Å². The van der Waals surface area contributed by atoms with Crippen LogP contribution in [-0.4, -0.2) is 41.0 Å². The van der Waals surface area contributed by atoms with Crippen LogP contribution in [0.4, 0.5) is 0 Å². The molecule has 0 aromatic carbocycles. The van der Waals surface area contributed by atoms with Crippen molar-refractivity contribution in [2.45, 2.75) is 105 Å². The quantitative estimate of drug-likeness (QED) is 0.533. The van der Waals surface area contributed by atoms with Gasteiger partial charge in [-0.05, 0) is 80.0 Å². The van der Waals surface area contributed by atoms with Crippen molar-refractivity contribution in [3.63, 3.8) is 0 Å². The topological polar surface area (TPSA) is 107 Å². The summed E-state index contributed by atoms with van der Waals surface area (Å²) < 4.78 is 11.6. The van der Waals surface area contributed by atoms with Crippen LogP contribution in [0.25, 0.3) is 0 Å². The molecule has 7 heteroatoms. The van der Waals surface area contributed by atoms with E-state index in [1.54, 1.807) is 0 Å². The number of aliphatic carboxylic acids is 1. The van der Waals surface area contributed by atoms with E-state index in [1.165, 1.54) is 13.8 Å². The van der Waals surface area contributed by atoms with Gasteiger partial charge in [0, 0.05) is 38.0 Å². The lowest BCUT2D eigenvalue weighted by molar-refractivity contribution is -0.196. The van der Waals surface area contributed by atoms with Crippen molar-refractivity contribution in [3.05, 3.63) is 0 Å². The Balaban J connectivity index is 1.64. The summed E-state index contributed by atoms with van der Waals surface area (Å²) in [6.07, 6.45) is 5.87. The molecule has 4 fully saturated rings. The molecule has 196 valence electrons. The number of esters is 2. The first-order chi connectivity index (χ1) is 16.4. The van der Waals surface area contributed by atoms with Gasteiger partial charge in [-0.3, -0.25) is 19.2 Å². The molecule has 0 saturated heterocycles. The Labute approximate surface area is 208 Å². The third-order valence-corrected chi connectivity index (χ3v) is 10.7. The van der Waals surface area contributed by atoms with Crippen molar-refractivity contribution in [2.24, 2.45) is 46.3 Å². The highest BCUT2D eigenvalue weighted by Crippen LogP contribution is 2.67. The summed E-state index contributed by atoms with van der Waals surface area (Å²) >= 11 is 0. The fourth-order valence-corrected chi connectivity index (χ4v) is 9.05. The van der Waals surface area contributed by atoms with Gasteiger partial charge in [-0.15, -0.1) is 0 Å². The summed E-state index contributed by atoms with van der Waals surface area (Å²) in [5.41, 5.74) is -0.558. The minimum absolute atomic E-state index is 0.0536. The Hall–Kier alpha value is -1.92. The number of carboxylic acids is 1. The standard InChI is InChI=1S/C28H42O7/c1-15(6-9-25(32)33)20-7-8-21-26-22(14-24(31)28(20,21)5)27(4)11-10-19(34-16(2)29)12-18(27)13-23(26)35-17(3)30/h15,18-23,26H,6-14H2,1-5H3,(H,32,33)/t15-,18+,19-,20-,21+,22+,23-,26+,27+,28-/m1/s1. The number of ether oxygens (including phenoxy) is 2. The van der Waals surface area contributed by atoms with Crippen molar-refractivity contribution in [2.75, 3.05) is 0 Å². The average Bonchev–Trinajstić information content (AvgIpc) is 3.11. The Morgan fingerprint density at radius 2 is 1.71 bits per heavy atom. The molecule has 4 rings (SSSR count). The number of carbonyl (C=O) groups excluding carboxylic acids is 3. The number of Topliss-reactive ketones (excluding diaryl/α,β-unsaturated/α-hetero) is 1. The fourth-order valence-electron chi connectivity index (χ4n) is 9.05. The maximum absolute atomic E-state index is 14.0. The zero-order valence-electron chi connectivity index (χ0n) is 21.9. The predicted octanol–water partition coefficient (Wildman–Crippen LogP) is 4.80. The molecule has 35 heavy (non-hydrogen) atoms. The van der Waals surface area contributed by atoms with Gasteiger partial charge in [-0.2, -0.15) is 0 Å². The first-order valence-electron chi connectivity index (χ1n) is 13.5. The summed E-state index contributed by atoms with van der Waals surface area (Å²) in [5.74, 6) is -0.0877. The van der Waals surface area contributed by atoms with E-state index in [0.717, 1.165) is 38.5 Å². The normalized spacial score (nSPS) is 43.3. The predicted molar refractivity (Wildman–Crippen MR) is 128 cm³/mol. The molecule has 7 nitrogen and oxygen atoms in total. The van der Waals surface area contributed by atoms with E-state index in [-0.39, 0.29) is 71.5 Å². The van der Waals surface area contributed by atoms with Gasteiger partial charge in [-0.25, -0.2) is 0 Å². The van der Waals surface area contributed by atoms with Crippen LogP contribution in [0.2, 0.25) is 0 Å².